The van der Waals surface area contributed by atoms with E-state index in [2.05, 4.69) is 16.2 Å². The molecule has 0 aliphatic heterocycles. The Bertz CT molecular complexity index is 1220. The lowest BCUT2D eigenvalue weighted by molar-refractivity contribution is 0.0744. The first kappa shape index (κ1) is 19.2. The van der Waals surface area contributed by atoms with Gasteiger partial charge in [-0.25, -0.2) is 9.97 Å². The molecule has 30 heavy (non-hydrogen) atoms. The lowest BCUT2D eigenvalue weighted by Crippen LogP contribution is -2.30. The average Bonchev–Trinajstić information content (AvgIpc) is 3.35. The number of nitrogens with zero attached hydrogens (tertiary/aromatic N) is 4. The summed E-state index contributed by atoms with van der Waals surface area (Å²) >= 11 is 1.63. The monoisotopic (exact) mass is 420 g/mol. The molecule has 3 heterocycles. The van der Waals surface area contributed by atoms with Gasteiger partial charge in [0, 0.05) is 18.7 Å². The Morgan fingerprint density at radius 2 is 1.97 bits per heavy atom. The molecule has 1 amide bonds. The number of amides is 1. The molecule has 3 aromatic heterocycles. The molecule has 1 atom stereocenters. The normalized spacial score (nSPS) is 15.2. The number of fused-ring (bicyclic) bond motifs is 2. The quantitative estimate of drug-likeness (QED) is 0.416. The summed E-state index contributed by atoms with van der Waals surface area (Å²) in [4.78, 5) is 24.8. The molecular weight excluding hydrogens is 396 g/mol. The molecule has 1 aromatic carbocycles. The second kappa shape index (κ2) is 7.16. The summed E-state index contributed by atoms with van der Waals surface area (Å²) in [5.74, 6) is 0.500. The Morgan fingerprint density at radius 3 is 2.67 bits per heavy atom. The summed E-state index contributed by atoms with van der Waals surface area (Å²) in [5.41, 5.74) is 3.77. The van der Waals surface area contributed by atoms with Crippen LogP contribution >= 0.6 is 11.3 Å². The van der Waals surface area contributed by atoms with Crippen molar-refractivity contribution in [3.8, 4) is 0 Å². The fraction of sp³-hybridized carbons (Fsp3) is 0.391. The van der Waals surface area contributed by atoms with Gasteiger partial charge in [0.15, 0.2) is 0 Å². The van der Waals surface area contributed by atoms with Crippen molar-refractivity contribution in [1.82, 2.24) is 20.0 Å². The van der Waals surface area contributed by atoms with E-state index >= 15 is 0 Å². The van der Waals surface area contributed by atoms with Crippen LogP contribution in [0.15, 0.2) is 34.9 Å². The highest BCUT2D eigenvalue weighted by molar-refractivity contribution is 7.18. The summed E-state index contributed by atoms with van der Waals surface area (Å²) in [6.45, 7) is 6.12. The van der Waals surface area contributed by atoms with E-state index in [0.29, 0.717) is 17.2 Å². The number of para-hydroxylation sites is 1. The van der Waals surface area contributed by atoms with Gasteiger partial charge in [-0.3, -0.25) is 4.79 Å². The van der Waals surface area contributed by atoms with Gasteiger partial charge in [0.2, 0.25) is 0 Å². The standard InChI is InChI=1S/C23H24N4O2S/c1-12(2)20-19-15(11-17(14-9-10-14)24-21(19)29-26-20)23(28)27(4)13(3)22-25-16-7-5-6-8-18(16)30-22/h5-8,11-14H,9-10H2,1-4H3. The topological polar surface area (TPSA) is 72.1 Å². The van der Waals surface area contributed by atoms with E-state index in [1.165, 1.54) is 0 Å². The Balaban J connectivity index is 1.56. The summed E-state index contributed by atoms with van der Waals surface area (Å²) in [6.07, 6.45) is 2.21. The third-order valence-electron chi connectivity index (χ3n) is 5.83. The SMILES string of the molecule is CC(C)c1noc2nc(C3CC3)cc(C(=O)N(C)C(C)c3nc4ccccc4s3)c12. The van der Waals surface area contributed by atoms with Crippen molar-refractivity contribution in [2.24, 2.45) is 0 Å². The van der Waals surface area contributed by atoms with Crippen LogP contribution in [0.3, 0.4) is 0 Å². The van der Waals surface area contributed by atoms with Gasteiger partial charge in [0.1, 0.15) is 5.01 Å². The molecule has 1 unspecified atom stereocenters. The zero-order valence-electron chi connectivity index (χ0n) is 17.5. The van der Waals surface area contributed by atoms with Crippen LogP contribution in [0.4, 0.5) is 0 Å². The van der Waals surface area contributed by atoms with Crippen LogP contribution < -0.4 is 0 Å². The molecule has 0 spiro atoms. The van der Waals surface area contributed by atoms with Gasteiger partial charge >= 0.3 is 0 Å². The number of pyridine rings is 1. The van der Waals surface area contributed by atoms with Gasteiger partial charge < -0.3 is 9.42 Å². The van der Waals surface area contributed by atoms with Crippen molar-refractivity contribution >= 4 is 38.6 Å². The Morgan fingerprint density at radius 1 is 1.20 bits per heavy atom. The highest BCUT2D eigenvalue weighted by Gasteiger charge is 2.31. The first-order valence-electron chi connectivity index (χ1n) is 10.4. The fourth-order valence-corrected chi connectivity index (χ4v) is 4.81. The van der Waals surface area contributed by atoms with Gasteiger partial charge in [0.05, 0.1) is 32.9 Å². The maximum atomic E-state index is 13.7. The smallest absolute Gasteiger partial charge is 0.259 e. The van der Waals surface area contributed by atoms with Crippen molar-refractivity contribution in [3.05, 3.63) is 52.3 Å². The van der Waals surface area contributed by atoms with Crippen molar-refractivity contribution in [3.63, 3.8) is 0 Å². The van der Waals surface area contributed by atoms with Crippen LogP contribution in [0.5, 0.6) is 0 Å². The van der Waals surface area contributed by atoms with E-state index in [0.717, 1.165) is 44.8 Å². The molecule has 1 saturated carbocycles. The summed E-state index contributed by atoms with van der Waals surface area (Å²) < 4.78 is 6.67. The Labute approximate surface area is 178 Å². The molecule has 7 heteroatoms. The van der Waals surface area contributed by atoms with Crippen LogP contribution in [0, 0.1) is 0 Å². The molecule has 154 valence electrons. The van der Waals surface area contributed by atoms with Crippen LogP contribution in [-0.4, -0.2) is 33.0 Å². The second-order valence-corrected chi connectivity index (χ2v) is 9.45. The fourth-order valence-electron chi connectivity index (χ4n) is 3.74. The van der Waals surface area contributed by atoms with Gasteiger partial charge in [-0.2, -0.15) is 0 Å². The number of hydrogen-bond acceptors (Lipinski definition) is 6. The van der Waals surface area contributed by atoms with Gasteiger partial charge in [-0.05, 0) is 43.9 Å². The van der Waals surface area contributed by atoms with Crippen LogP contribution in [-0.2, 0) is 0 Å². The predicted octanol–water partition coefficient (Wildman–Crippen LogP) is 5.67. The minimum atomic E-state index is -0.148. The van der Waals surface area contributed by atoms with Gasteiger partial charge in [-0.15, -0.1) is 11.3 Å². The van der Waals surface area contributed by atoms with E-state index < -0.39 is 0 Å². The molecule has 0 saturated heterocycles. The van der Waals surface area contributed by atoms with E-state index in [-0.39, 0.29) is 17.9 Å². The molecular formula is C23H24N4O2S. The molecule has 6 nitrogen and oxygen atoms in total. The summed E-state index contributed by atoms with van der Waals surface area (Å²) in [7, 11) is 1.84. The van der Waals surface area contributed by atoms with Gasteiger partial charge in [-0.1, -0.05) is 31.1 Å². The van der Waals surface area contributed by atoms with E-state index in [1.54, 1.807) is 16.2 Å². The van der Waals surface area contributed by atoms with Crippen molar-refractivity contribution in [2.75, 3.05) is 7.05 Å². The lowest BCUT2D eigenvalue weighted by Gasteiger charge is -2.24. The molecule has 4 aromatic rings. The highest BCUT2D eigenvalue weighted by atomic mass is 32.1. The van der Waals surface area contributed by atoms with Crippen molar-refractivity contribution < 1.29 is 9.32 Å². The van der Waals surface area contributed by atoms with Crippen LogP contribution in [0.25, 0.3) is 21.3 Å². The maximum absolute atomic E-state index is 13.7. The van der Waals surface area contributed by atoms with E-state index in [1.807, 2.05) is 52.1 Å². The van der Waals surface area contributed by atoms with Crippen molar-refractivity contribution in [1.29, 1.82) is 0 Å². The molecule has 0 bridgehead atoms. The van der Waals surface area contributed by atoms with E-state index in [4.69, 9.17) is 9.51 Å². The summed E-state index contributed by atoms with van der Waals surface area (Å²) in [6, 6.07) is 9.86. The lowest BCUT2D eigenvalue weighted by atomic mass is 10.0. The Hall–Kier alpha value is -2.80. The molecule has 1 fully saturated rings. The molecule has 0 radical (unpaired) electrons. The zero-order valence-corrected chi connectivity index (χ0v) is 18.4. The highest BCUT2D eigenvalue weighted by Crippen LogP contribution is 2.41. The number of thiazole rings is 1. The number of benzene rings is 1. The number of carbonyl (C=O) groups excluding carboxylic acids is 1. The first-order chi connectivity index (χ1) is 14.4. The number of hydrogen-bond donors (Lipinski definition) is 0. The van der Waals surface area contributed by atoms with Crippen LogP contribution in [0.1, 0.15) is 78.2 Å². The first-order valence-corrected chi connectivity index (χ1v) is 11.2. The summed E-state index contributed by atoms with van der Waals surface area (Å²) in [5, 5.41) is 5.90. The van der Waals surface area contributed by atoms with Gasteiger partial charge in [0.25, 0.3) is 11.6 Å². The predicted molar refractivity (Wildman–Crippen MR) is 118 cm³/mol. The number of carbonyl (C=O) groups is 1. The third-order valence-corrected chi connectivity index (χ3v) is 7.04. The second-order valence-electron chi connectivity index (χ2n) is 8.38. The molecule has 0 N–H and O–H groups in total. The third kappa shape index (κ3) is 3.17. The van der Waals surface area contributed by atoms with Crippen LogP contribution in [0.2, 0.25) is 0 Å². The minimum Gasteiger partial charge on any atom is -0.335 e. The minimum absolute atomic E-state index is 0.0545. The molecule has 1 aliphatic carbocycles. The number of aromatic nitrogens is 3. The van der Waals surface area contributed by atoms with E-state index in [9.17, 15) is 4.79 Å². The number of rotatable bonds is 5. The largest absolute Gasteiger partial charge is 0.335 e. The average molecular weight is 421 g/mol. The maximum Gasteiger partial charge on any atom is 0.259 e. The van der Waals surface area contributed by atoms with Crippen molar-refractivity contribution in [2.45, 2.75) is 51.5 Å². The zero-order chi connectivity index (χ0) is 21.0. The molecule has 5 rings (SSSR count). The molecule has 1 aliphatic rings. The Kier molecular flexibility index (Phi) is 4.58.